The normalized spacial score (nSPS) is 12.7. The van der Waals surface area contributed by atoms with Crippen molar-refractivity contribution in [1.29, 1.82) is 0 Å². The van der Waals surface area contributed by atoms with Gasteiger partial charge in [0.15, 0.2) is 5.82 Å². The molecule has 2 heterocycles. The molecule has 96 valence electrons. The zero-order chi connectivity index (χ0) is 13.1. The van der Waals surface area contributed by atoms with E-state index in [1.165, 1.54) is 5.56 Å². The molecule has 2 aromatic heterocycles. The number of aryl methyl sites for hydroxylation is 2. The highest BCUT2D eigenvalue weighted by atomic mass is 32.1. The Morgan fingerprint density at radius 1 is 1.28 bits per heavy atom. The highest BCUT2D eigenvalue weighted by Crippen LogP contribution is 2.22. The average Bonchev–Trinajstić information content (AvgIpc) is 2.87. The first-order valence-corrected chi connectivity index (χ1v) is 7.12. The summed E-state index contributed by atoms with van der Waals surface area (Å²) < 4.78 is 0. The predicted octanol–water partition coefficient (Wildman–Crippen LogP) is 2.96. The van der Waals surface area contributed by atoms with Gasteiger partial charge in [0.2, 0.25) is 0 Å². The Balaban J connectivity index is 2.35. The van der Waals surface area contributed by atoms with Gasteiger partial charge in [-0.1, -0.05) is 6.92 Å². The van der Waals surface area contributed by atoms with Crippen molar-refractivity contribution in [2.24, 2.45) is 11.7 Å². The summed E-state index contributed by atoms with van der Waals surface area (Å²) in [6.07, 6.45) is 0.956. The minimum Gasteiger partial charge on any atom is -0.330 e. The van der Waals surface area contributed by atoms with Crippen LogP contribution in [0.4, 0.5) is 0 Å². The van der Waals surface area contributed by atoms with E-state index in [4.69, 9.17) is 5.73 Å². The number of hydrogen-bond acceptors (Lipinski definition) is 4. The first kappa shape index (κ1) is 13.2. The maximum Gasteiger partial charge on any atom is 0.160 e. The van der Waals surface area contributed by atoms with Gasteiger partial charge >= 0.3 is 0 Å². The quantitative estimate of drug-likeness (QED) is 0.920. The van der Waals surface area contributed by atoms with E-state index in [1.54, 1.807) is 11.3 Å². The topological polar surface area (TPSA) is 51.8 Å². The third kappa shape index (κ3) is 2.76. The van der Waals surface area contributed by atoms with E-state index >= 15 is 0 Å². The van der Waals surface area contributed by atoms with E-state index in [9.17, 15) is 0 Å². The summed E-state index contributed by atoms with van der Waals surface area (Å²) in [5, 5.41) is 4.13. The lowest BCUT2D eigenvalue weighted by Gasteiger charge is -2.13. The predicted molar refractivity (Wildman–Crippen MR) is 76.7 cm³/mol. The highest BCUT2D eigenvalue weighted by molar-refractivity contribution is 7.08. The average molecular weight is 261 g/mol. The van der Waals surface area contributed by atoms with Crippen molar-refractivity contribution in [3.63, 3.8) is 0 Å². The zero-order valence-corrected chi connectivity index (χ0v) is 11.9. The van der Waals surface area contributed by atoms with Crippen LogP contribution in [-0.2, 0) is 6.42 Å². The molecule has 0 spiro atoms. The van der Waals surface area contributed by atoms with E-state index in [-0.39, 0.29) is 0 Å². The van der Waals surface area contributed by atoms with Crippen LogP contribution >= 0.6 is 11.3 Å². The van der Waals surface area contributed by atoms with E-state index in [2.05, 4.69) is 42.2 Å². The van der Waals surface area contributed by atoms with Crippen molar-refractivity contribution in [2.75, 3.05) is 6.54 Å². The second kappa shape index (κ2) is 5.59. The van der Waals surface area contributed by atoms with E-state index < -0.39 is 0 Å². The molecule has 0 fully saturated rings. The zero-order valence-electron chi connectivity index (χ0n) is 11.1. The largest absolute Gasteiger partial charge is 0.330 e. The summed E-state index contributed by atoms with van der Waals surface area (Å²) in [5.41, 5.74) is 10.2. The second-order valence-electron chi connectivity index (χ2n) is 4.75. The molecule has 0 aliphatic heterocycles. The summed E-state index contributed by atoms with van der Waals surface area (Å²) in [7, 11) is 0. The fraction of sp³-hybridized carbons (Fsp3) is 0.429. The lowest BCUT2D eigenvalue weighted by atomic mass is 9.99. The maximum absolute atomic E-state index is 5.69. The molecule has 18 heavy (non-hydrogen) atoms. The Labute approximate surface area is 112 Å². The van der Waals surface area contributed by atoms with Gasteiger partial charge in [0.1, 0.15) is 0 Å². The first-order chi connectivity index (χ1) is 8.61. The van der Waals surface area contributed by atoms with E-state index in [0.29, 0.717) is 12.5 Å². The molecular weight excluding hydrogens is 242 g/mol. The summed E-state index contributed by atoms with van der Waals surface area (Å²) in [5.74, 6) is 1.30. The van der Waals surface area contributed by atoms with E-state index in [1.807, 2.05) is 5.38 Å². The maximum atomic E-state index is 5.69. The van der Waals surface area contributed by atoms with Crippen LogP contribution < -0.4 is 5.73 Å². The molecular formula is C14H19N3S. The number of nitrogens with two attached hydrogens (primary N) is 1. The van der Waals surface area contributed by atoms with Gasteiger partial charge < -0.3 is 5.73 Å². The molecule has 1 atom stereocenters. The van der Waals surface area contributed by atoms with Gasteiger partial charge in [-0.2, -0.15) is 11.3 Å². The van der Waals surface area contributed by atoms with Crippen LogP contribution in [0.25, 0.3) is 11.4 Å². The third-order valence-corrected chi connectivity index (χ3v) is 3.84. The smallest absolute Gasteiger partial charge is 0.160 e. The molecule has 0 aromatic carbocycles. The molecule has 0 radical (unpaired) electrons. The summed E-state index contributed by atoms with van der Waals surface area (Å²) >= 11 is 1.67. The second-order valence-corrected chi connectivity index (χ2v) is 5.53. The molecule has 0 amide bonds. The SMILES string of the molecule is Cc1nc(-c2ccsc2)nc(C)c1CC(C)CN. The molecule has 0 aliphatic rings. The fourth-order valence-corrected chi connectivity index (χ4v) is 2.62. The van der Waals surface area contributed by atoms with Gasteiger partial charge in [-0.25, -0.2) is 9.97 Å². The number of rotatable bonds is 4. The summed E-state index contributed by atoms with van der Waals surface area (Å²) in [6.45, 7) is 6.98. The first-order valence-electron chi connectivity index (χ1n) is 6.18. The van der Waals surface area contributed by atoms with Crippen LogP contribution in [0, 0.1) is 19.8 Å². The van der Waals surface area contributed by atoms with Crippen LogP contribution in [0.5, 0.6) is 0 Å². The third-order valence-electron chi connectivity index (χ3n) is 3.16. The number of thiophene rings is 1. The van der Waals surface area contributed by atoms with Crippen molar-refractivity contribution in [3.8, 4) is 11.4 Å². The molecule has 0 saturated heterocycles. The van der Waals surface area contributed by atoms with Crippen LogP contribution in [0.15, 0.2) is 16.8 Å². The Hall–Kier alpha value is -1.26. The van der Waals surface area contributed by atoms with Crippen molar-refractivity contribution in [2.45, 2.75) is 27.2 Å². The minimum atomic E-state index is 0.470. The van der Waals surface area contributed by atoms with Gasteiger partial charge in [-0.3, -0.25) is 0 Å². The van der Waals surface area contributed by atoms with Crippen LogP contribution in [0.3, 0.4) is 0 Å². The molecule has 1 unspecified atom stereocenters. The monoisotopic (exact) mass is 261 g/mol. The lowest BCUT2D eigenvalue weighted by molar-refractivity contribution is 0.586. The van der Waals surface area contributed by atoms with Gasteiger partial charge in [0.05, 0.1) is 0 Å². The Morgan fingerprint density at radius 2 is 1.94 bits per heavy atom. The molecule has 2 rings (SSSR count). The van der Waals surface area contributed by atoms with Crippen LogP contribution in [0.1, 0.15) is 23.9 Å². The summed E-state index contributed by atoms with van der Waals surface area (Å²) in [6, 6.07) is 2.06. The molecule has 2 N–H and O–H groups in total. The van der Waals surface area contributed by atoms with Crippen molar-refractivity contribution in [1.82, 2.24) is 9.97 Å². The van der Waals surface area contributed by atoms with Crippen LogP contribution in [-0.4, -0.2) is 16.5 Å². The Bertz CT molecular complexity index is 497. The molecule has 0 saturated carbocycles. The molecule has 0 bridgehead atoms. The van der Waals surface area contributed by atoms with Crippen LogP contribution in [0.2, 0.25) is 0 Å². The molecule has 2 aromatic rings. The number of hydrogen-bond donors (Lipinski definition) is 1. The molecule has 0 aliphatic carbocycles. The summed E-state index contributed by atoms with van der Waals surface area (Å²) in [4.78, 5) is 9.24. The standard InChI is InChI=1S/C14H19N3S/c1-9(7-15)6-13-10(2)16-14(17-11(13)3)12-4-5-18-8-12/h4-5,8-9H,6-7,15H2,1-3H3. The Morgan fingerprint density at radius 3 is 2.44 bits per heavy atom. The van der Waals surface area contributed by atoms with Gasteiger partial charge in [0.25, 0.3) is 0 Å². The molecule has 3 nitrogen and oxygen atoms in total. The van der Waals surface area contributed by atoms with Crippen molar-refractivity contribution >= 4 is 11.3 Å². The van der Waals surface area contributed by atoms with Gasteiger partial charge in [-0.15, -0.1) is 0 Å². The minimum absolute atomic E-state index is 0.470. The Kier molecular flexibility index (Phi) is 4.09. The molecule has 4 heteroatoms. The van der Waals surface area contributed by atoms with Crippen molar-refractivity contribution < 1.29 is 0 Å². The van der Waals surface area contributed by atoms with E-state index in [0.717, 1.165) is 29.2 Å². The fourth-order valence-electron chi connectivity index (χ4n) is 1.99. The highest BCUT2D eigenvalue weighted by Gasteiger charge is 2.12. The lowest BCUT2D eigenvalue weighted by Crippen LogP contribution is -2.15. The number of nitrogens with zero attached hydrogens (tertiary/aromatic N) is 2. The number of aromatic nitrogens is 2. The van der Waals surface area contributed by atoms with Crippen molar-refractivity contribution in [3.05, 3.63) is 33.8 Å². The van der Waals surface area contributed by atoms with Gasteiger partial charge in [-0.05, 0) is 49.7 Å². The van der Waals surface area contributed by atoms with Gasteiger partial charge in [0, 0.05) is 22.3 Å².